The number of amides is 1. The van der Waals surface area contributed by atoms with E-state index < -0.39 is 10.0 Å². The Morgan fingerprint density at radius 2 is 1.83 bits per heavy atom. The van der Waals surface area contributed by atoms with E-state index in [2.05, 4.69) is 5.32 Å². The number of carbonyl (C=O) groups is 1. The summed E-state index contributed by atoms with van der Waals surface area (Å²) in [6, 6.07) is 7.16. The molecule has 2 aromatic rings. The van der Waals surface area contributed by atoms with Crippen LogP contribution in [0.4, 0.5) is 5.69 Å². The van der Waals surface area contributed by atoms with Crippen molar-refractivity contribution in [3.05, 3.63) is 45.6 Å². The Hall–Kier alpha value is -1.70. The summed E-state index contributed by atoms with van der Waals surface area (Å²) in [6.07, 6.45) is 1.74. The number of hydrogen-bond donors (Lipinski definition) is 1. The molecule has 0 unspecified atom stereocenters. The van der Waals surface area contributed by atoms with E-state index in [0.717, 1.165) is 35.3 Å². The number of nitrogens with one attached hydrogen (secondary N) is 1. The smallest absolute Gasteiger partial charge is 0.267 e. The lowest BCUT2D eigenvalue weighted by Gasteiger charge is -2.15. The zero-order valence-corrected chi connectivity index (χ0v) is 15.3. The van der Waals surface area contributed by atoms with Crippen LogP contribution < -0.4 is 5.32 Å². The number of carbonyl (C=O) groups excluding carboxylic acids is 1. The topological polar surface area (TPSA) is 66.5 Å². The molecule has 0 atom stereocenters. The van der Waals surface area contributed by atoms with Gasteiger partial charge in [0.2, 0.25) is 10.0 Å². The average molecular weight is 364 g/mol. The molecule has 3 rings (SSSR count). The fraction of sp³-hybridized carbons (Fsp3) is 0.353. The van der Waals surface area contributed by atoms with Gasteiger partial charge in [0.25, 0.3) is 5.91 Å². The van der Waals surface area contributed by atoms with Crippen LogP contribution in [-0.4, -0.2) is 31.7 Å². The van der Waals surface area contributed by atoms with E-state index in [1.54, 1.807) is 5.38 Å². The highest BCUT2D eigenvalue weighted by Crippen LogP contribution is 2.28. The maximum atomic E-state index is 12.7. The van der Waals surface area contributed by atoms with Crippen LogP contribution >= 0.6 is 11.3 Å². The van der Waals surface area contributed by atoms with Gasteiger partial charge >= 0.3 is 0 Å². The highest BCUT2D eigenvalue weighted by Gasteiger charge is 2.31. The van der Waals surface area contributed by atoms with Crippen molar-refractivity contribution in [2.75, 3.05) is 18.4 Å². The summed E-state index contributed by atoms with van der Waals surface area (Å²) in [5, 5.41) is 4.46. The molecule has 7 heteroatoms. The van der Waals surface area contributed by atoms with Crippen molar-refractivity contribution < 1.29 is 13.2 Å². The average Bonchev–Trinajstić information content (AvgIpc) is 3.22. The Labute approximate surface area is 146 Å². The molecule has 1 aliphatic heterocycles. The van der Waals surface area contributed by atoms with Crippen molar-refractivity contribution >= 4 is 33.0 Å². The lowest BCUT2D eigenvalue weighted by Crippen LogP contribution is -2.29. The molecular weight excluding hydrogens is 344 g/mol. The van der Waals surface area contributed by atoms with Crippen molar-refractivity contribution in [2.24, 2.45) is 0 Å². The fourth-order valence-electron chi connectivity index (χ4n) is 2.74. The van der Waals surface area contributed by atoms with Crippen LogP contribution in [0.15, 0.2) is 34.5 Å². The Morgan fingerprint density at radius 3 is 2.50 bits per heavy atom. The molecule has 1 aromatic carbocycles. The van der Waals surface area contributed by atoms with E-state index >= 15 is 0 Å². The maximum Gasteiger partial charge on any atom is 0.267 e. The molecule has 2 heterocycles. The highest BCUT2D eigenvalue weighted by molar-refractivity contribution is 7.89. The van der Waals surface area contributed by atoms with Crippen molar-refractivity contribution in [2.45, 2.75) is 31.6 Å². The molecule has 1 amide bonds. The van der Waals surface area contributed by atoms with E-state index in [0.29, 0.717) is 18.8 Å². The Balaban J connectivity index is 1.86. The molecule has 0 aliphatic carbocycles. The number of benzene rings is 1. The van der Waals surface area contributed by atoms with E-state index in [1.165, 1.54) is 10.4 Å². The number of aryl methyl sites for hydroxylation is 2. The second kappa shape index (κ2) is 6.66. The van der Waals surface area contributed by atoms with Gasteiger partial charge in [0.05, 0.1) is 0 Å². The minimum atomic E-state index is -3.60. The summed E-state index contributed by atoms with van der Waals surface area (Å²) in [4.78, 5) is 12.9. The first-order valence-electron chi connectivity index (χ1n) is 7.86. The lowest BCUT2D eigenvalue weighted by atomic mass is 10.1. The first-order valence-corrected chi connectivity index (χ1v) is 10.2. The van der Waals surface area contributed by atoms with Gasteiger partial charge < -0.3 is 5.32 Å². The van der Waals surface area contributed by atoms with Crippen LogP contribution in [0.1, 0.15) is 33.6 Å². The molecule has 1 fully saturated rings. The third kappa shape index (κ3) is 3.24. The number of sulfonamides is 1. The molecule has 1 aliphatic rings. The van der Waals surface area contributed by atoms with Gasteiger partial charge in [-0.15, -0.1) is 11.3 Å². The van der Waals surface area contributed by atoms with E-state index in [4.69, 9.17) is 0 Å². The van der Waals surface area contributed by atoms with Gasteiger partial charge in [0.15, 0.2) is 0 Å². The van der Waals surface area contributed by atoms with Gasteiger partial charge in [-0.3, -0.25) is 4.79 Å². The van der Waals surface area contributed by atoms with E-state index in [9.17, 15) is 13.2 Å². The van der Waals surface area contributed by atoms with Crippen molar-refractivity contribution in [3.63, 3.8) is 0 Å². The molecule has 0 radical (unpaired) electrons. The van der Waals surface area contributed by atoms with Crippen molar-refractivity contribution in [1.82, 2.24) is 4.31 Å². The third-order valence-electron chi connectivity index (χ3n) is 4.28. The largest absolute Gasteiger partial charge is 0.321 e. The Morgan fingerprint density at radius 1 is 1.12 bits per heavy atom. The molecule has 24 heavy (non-hydrogen) atoms. The predicted molar refractivity (Wildman–Crippen MR) is 96.2 cm³/mol. The van der Waals surface area contributed by atoms with E-state index in [-0.39, 0.29) is 15.7 Å². The number of rotatable bonds is 4. The first-order chi connectivity index (χ1) is 11.4. The zero-order valence-electron chi connectivity index (χ0n) is 13.7. The molecule has 0 spiro atoms. The number of hydrogen-bond acceptors (Lipinski definition) is 4. The number of thiophene rings is 1. The lowest BCUT2D eigenvalue weighted by molar-refractivity contribution is 0.102. The molecule has 0 saturated carbocycles. The summed E-state index contributed by atoms with van der Waals surface area (Å²) in [5.74, 6) is -0.383. The van der Waals surface area contributed by atoms with Gasteiger partial charge in [-0.05, 0) is 61.4 Å². The minimum absolute atomic E-state index is 0.107. The van der Waals surface area contributed by atoms with Gasteiger partial charge in [0.1, 0.15) is 9.77 Å². The zero-order chi connectivity index (χ0) is 17.3. The quantitative estimate of drug-likeness (QED) is 0.904. The van der Waals surface area contributed by atoms with Crippen LogP contribution in [0.25, 0.3) is 0 Å². The minimum Gasteiger partial charge on any atom is -0.321 e. The first kappa shape index (κ1) is 17.1. The second-order valence-corrected chi connectivity index (χ2v) is 8.80. The van der Waals surface area contributed by atoms with Crippen LogP contribution in [0.3, 0.4) is 0 Å². The fourth-order valence-corrected chi connectivity index (χ4v) is 5.55. The van der Waals surface area contributed by atoms with Crippen LogP contribution in [0.2, 0.25) is 0 Å². The second-order valence-electron chi connectivity index (χ2n) is 5.98. The molecule has 1 N–H and O–H groups in total. The normalized spacial score (nSPS) is 15.6. The molecular formula is C17H20N2O3S2. The van der Waals surface area contributed by atoms with Gasteiger partial charge in [-0.25, -0.2) is 8.42 Å². The SMILES string of the molecule is Cc1ccc(NC(=O)c2sccc2S(=O)(=O)N2CCCC2)cc1C. The summed E-state index contributed by atoms with van der Waals surface area (Å²) < 4.78 is 26.9. The highest BCUT2D eigenvalue weighted by atomic mass is 32.2. The Kier molecular flexibility index (Phi) is 4.76. The van der Waals surface area contributed by atoms with Crippen LogP contribution in [0, 0.1) is 13.8 Å². The molecule has 128 valence electrons. The van der Waals surface area contributed by atoms with E-state index in [1.807, 2.05) is 32.0 Å². The van der Waals surface area contributed by atoms with Gasteiger partial charge in [-0.2, -0.15) is 4.31 Å². The number of anilines is 1. The molecule has 1 saturated heterocycles. The van der Waals surface area contributed by atoms with Gasteiger partial charge in [0, 0.05) is 18.8 Å². The van der Waals surface area contributed by atoms with Gasteiger partial charge in [-0.1, -0.05) is 6.07 Å². The summed E-state index contributed by atoms with van der Waals surface area (Å²) >= 11 is 1.15. The predicted octanol–water partition coefficient (Wildman–Crippen LogP) is 3.40. The molecule has 1 aromatic heterocycles. The summed E-state index contributed by atoms with van der Waals surface area (Å²) in [5.41, 5.74) is 2.88. The van der Waals surface area contributed by atoms with Crippen molar-refractivity contribution in [1.29, 1.82) is 0 Å². The summed E-state index contributed by atoms with van der Waals surface area (Å²) in [7, 11) is -3.60. The maximum absolute atomic E-state index is 12.7. The molecule has 0 bridgehead atoms. The monoisotopic (exact) mass is 364 g/mol. The summed E-state index contributed by atoms with van der Waals surface area (Å²) in [6.45, 7) is 5.02. The molecule has 5 nitrogen and oxygen atoms in total. The number of nitrogens with zero attached hydrogens (tertiary/aromatic N) is 1. The standard InChI is InChI=1S/C17H20N2O3S2/c1-12-5-6-14(11-13(12)2)18-17(20)16-15(7-10-23-16)24(21,22)19-8-3-4-9-19/h5-7,10-11H,3-4,8-9H2,1-2H3,(H,18,20). The van der Waals surface area contributed by atoms with Crippen molar-refractivity contribution in [3.8, 4) is 0 Å². The van der Waals surface area contributed by atoms with Crippen LogP contribution in [0.5, 0.6) is 0 Å². The Bertz CT molecular complexity index is 866. The third-order valence-corrected chi connectivity index (χ3v) is 7.27. The van der Waals surface area contributed by atoms with Crippen LogP contribution in [-0.2, 0) is 10.0 Å².